The van der Waals surface area contributed by atoms with Gasteiger partial charge in [-0.2, -0.15) is 0 Å². The molecule has 0 fully saturated rings. The highest BCUT2D eigenvalue weighted by molar-refractivity contribution is 7.13. The van der Waals surface area contributed by atoms with Gasteiger partial charge in [0.05, 0.1) is 19.2 Å². The van der Waals surface area contributed by atoms with Gasteiger partial charge in [0.15, 0.2) is 5.13 Å². The number of aryl methyl sites for hydroxylation is 1. The SMILES string of the molecule is COC(=O)CCc1csc(N(C)CCCN(C)C)n1. The Labute approximate surface area is 119 Å². The van der Waals surface area contributed by atoms with E-state index in [0.717, 1.165) is 30.3 Å². The van der Waals surface area contributed by atoms with Crippen molar-refractivity contribution in [3.8, 4) is 0 Å². The molecule has 0 radical (unpaired) electrons. The fraction of sp³-hybridized carbons (Fsp3) is 0.692. The minimum atomic E-state index is -0.186. The van der Waals surface area contributed by atoms with Crippen LogP contribution in [0.5, 0.6) is 0 Å². The van der Waals surface area contributed by atoms with Crippen LogP contribution in [0.3, 0.4) is 0 Å². The number of thiazole rings is 1. The third-order valence-electron chi connectivity index (χ3n) is 2.78. The van der Waals surface area contributed by atoms with Crippen molar-refractivity contribution in [2.24, 2.45) is 0 Å². The molecule has 0 aliphatic heterocycles. The lowest BCUT2D eigenvalue weighted by Gasteiger charge is -2.17. The fourth-order valence-corrected chi connectivity index (χ4v) is 2.49. The Bertz CT molecular complexity index is 393. The summed E-state index contributed by atoms with van der Waals surface area (Å²) in [6.07, 6.45) is 2.15. The van der Waals surface area contributed by atoms with Gasteiger partial charge in [0.25, 0.3) is 0 Å². The van der Waals surface area contributed by atoms with Crippen molar-refractivity contribution >= 4 is 22.4 Å². The molecule has 1 aromatic heterocycles. The van der Waals surface area contributed by atoms with E-state index >= 15 is 0 Å². The van der Waals surface area contributed by atoms with Crippen LogP contribution >= 0.6 is 11.3 Å². The zero-order valence-corrected chi connectivity index (χ0v) is 13.0. The van der Waals surface area contributed by atoms with Gasteiger partial charge < -0.3 is 14.5 Å². The van der Waals surface area contributed by atoms with Gasteiger partial charge in [-0.25, -0.2) is 4.98 Å². The molecule has 1 aromatic rings. The number of nitrogens with zero attached hydrogens (tertiary/aromatic N) is 3. The quantitative estimate of drug-likeness (QED) is 0.679. The van der Waals surface area contributed by atoms with Crippen molar-refractivity contribution in [2.75, 3.05) is 46.2 Å². The highest BCUT2D eigenvalue weighted by Crippen LogP contribution is 2.20. The maximum Gasteiger partial charge on any atom is 0.305 e. The molecule has 0 aromatic carbocycles. The highest BCUT2D eigenvalue weighted by atomic mass is 32.1. The Hall–Kier alpha value is -1.14. The second kappa shape index (κ2) is 8.12. The molecule has 5 nitrogen and oxygen atoms in total. The lowest BCUT2D eigenvalue weighted by Crippen LogP contribution is -2.23. The average Bonchev–Trinajstić information content (AvgIpc) is 2.84. The van der Waals surface area contributed by atoms with E-state index in [0.29, 0.717) is 12.8 Å². The van der Waals surface area contributed by atoms with E-state index in [1.807, 2.05) is 5.38 Å². The van der Waals surface area contributed by atoms with E-state index < -0.39 is 0 Å². The maximum atomic E-state index is 11.1. The van der Waals surface area contributed by atoms with Gasteiger partial charge in [0.2, 0.25) is 0 Å². The number of aromatic nitrogens is 1. The van der Waals surface area contributed by atoms with Gasteiger partial charge >= 0.3 is 5.97 Å². The lowest BCUT2D eigenvalue weighted by atomic mass is 10.2. The van der Waals surface area contributed by atoms with E-state index in [-0.39, 0.29) is 5.97 Å². The van der Waals surface area contributed by atoms with Crippen LogP contribution in [0.25, 0.3) is 0 Å². The van der Waals surface area contributed by atoms with Crippen LogP contribution in [0.2, 0.25) is 0 Å². The third-order valence-corrected chi connectivity index (χ3v) is 3.78. The Morgan fingerprint density at radius 1 is 1.37 bits per heavy atom. The number of ether oxygens (including phenoxy) is 1. The first kappa shape index (κ1) is 15.9. The molecule has 108 valence electrons. The van der Waals surface area contributed by atoms with Crippen LogP contribution in [0.4, 0.5) is 5.13 Å². The molecule has 0 aliphatic rings. The molecule has 0 spiro atoms. The Morgan fingerprint density at radius 2 is 2.11 bits per heavy atom. The molecule has 0 N–H and O–H groups in total. The first-order valence-corrected chi connectivity index (χ1v) is 7.28. The van der Waals surface area contributed by atoms with Gasteiger partial charge in [-0.3, -0.25) is 4.79 Å². The van der Waals surface area contributed by atoms with Gasteiger partial charge in [-0.15, -0.1) is 11.3 Å². The van der Waals surface area contributed by atoms with Crippen LogP contribution in [0.15, 0.2) is 5.38 Å². The molecule has 0 amide bonds. The molecular formula is C13H23N3O2S. The van der Waals surface area contributed by atoms with E-state index in [4.69, 9.17) is 0 Å². The van der Waals surface area contributed by atoms with Crippen molar-refractivity contribution in [1.82, 2.24) is 9.88 Å². The van der Waals surface area contributed by atoms with Gasteiger partial charge in [-0.05, 0) is 27.1 Å². The molecule has 1 heterocycles. The smallest absolute Gasteiger partial charge is 0.305 e. The summed E-state index contributed by atoms with van der Waals surface area (Å²) in [5, 5.41) is 3.03. The molecule has 0 saturated carbocycles. The zero-order chi connectivity index (χ0) is 14.3. The second-order valence-corrected chi connectivity index (χ2v) is 5.61. The molecule has 1 rings (SSSR count). The van der Waals surface area contributed by atoms with Gasteiger partial charge in [0.1, 0.15) is 0 Å². The van der Waals surface area contributed by atoms with Crippen LogP contribution < -0.4 is 4.90 Å². The third kappa shape index (κ3) is 6.02. The first-order chi connectivity index (χ1) is 9.02. The van der Waals surface area contributed by atoms with Crippen molar-refractivity contribution in [1.29, 1.82) is 0 Å². The summed E-state index contributed by atoms with van der Waals surface area (Å²) in [4.78, 5) is 19.9. The Kier molecular flexibility index (Phi) is 6.80. The molecule has 0 unspecified atom stereocenters. The molecule has 0 saturated heterocycles. The van der Waals surface area contributed by atoms with Gasteiger partial charge in [-0.1, -0.05) is 0 Å². The number of carbonyl (C=O) groups is 1. The van der Waals surface area contributed by atoms with Crippen LogP contribution in [0, 0.1) is 0 Å². The minimum Gasteiger partial charge on any atom is -0.469 e. The molecule has 6 heteroatoms. The Balaban J connectivity index is 2.38. The number of hydrogen-bond donors (Lipinski definition) is 0. The van der Waals surface area contributed by atoms with Gasteiger partial charge in [0, 0.05) is 25.4 Å². The van der Waals surface area contributed by atoms with Crippen molar-refractivity contribution in [2.45, 2.75) is 19.3 Å². The maximum absolute atomic E-state index is 11.1. The molecular weight excluding hydrogens is 262 g/mol. The standard InChI is InChI=1S/C13H23N3O2S/c1-15(2)8-5-9-16(3)13-14-11(10-19-13)6-7-12(17)18-4/h10H,5-9H2,1-4H3. The number of rotatable bonds is 8. The second-order valence-electron chi connectivity index (χ2n) is 4.78. The van der Waals surface area contributed by atoms with Crippen LogP contribution in [-0.4, -0.2) is 57.2 Å². The van der Waals surface area contributed by atoms with Crippen molar-refractivity contribution in [3.05, 3.63) is 11.1 Å². The predicted octanol–water partition coefficient (Wildman–Crippen LogP) is 1.64. The number of hydrogen-bond acceptors (Lipinski definition) is 6. The van der Waals surface area contributed by atoms with E-state index in [1.165, 1.54) is 7.11 Å². The van der Waals surface area contributed by atoms with Crippen LogP contribution in [0.1, 0.15) is 18.5 Å². The summed E-state index contributed by atoms with van der Waals surface area (Å²) in [6.45, 7) is 2.06. The Morgan fingerprint density at radius 3 is 2.74 bits per heavy atom. The molecule has 0 aliphatic carbocycles. The van der Waals surface area contributed by atoms with E-state index in [2.05, 4.69) is 40.7 Å². The van der Waals surface area contributed by atoms with Crippen LogP contribution in [-0.2, 0) is 16.0 Å². The summed E-state index contributed by atoms with van der Waals surface area (Å²) >= 11 is 1.62. The highest BCUT2D eigenvalue weighted by Gasteiger charge is 2.08. The normalized spacial score (nSPS) is 10.8. The number of anilines is 1. The minimum absolute atomic E-state index is 0.186. The number of methoxy groups -OCH3 is 1. The summed E-state index contributed by atoms with van der Waals surface area (Å²) < 4.78 is 4.62. The average molecular weight is 285 g/mol. The predicted molar refractivity (Wildman–Crippen MR) is 78.9 cm³/mol. The first-order valence-electron chi connectivity index (χ1n) is 6.40. The monoisotopic (exact) mass is 285 g/mol. The van der Waals surface area contributed by atoms with Crippen molar-refractivity contribution < 1.29 is 9.53 Å². The summed E-state index contributed by atoms with van der Waals surface area (Å²) in [5.74, 6) is -0.186. The van der Waals surface area contributed by atoms with E-state index in [1.54, 1.807) is 11.3 Å². The lowest BCUT2D eigenvalue weighted by molar-refractivity contribution is -0.140. The van der Waals surface area contributed by atoms with E-state index in [9.17, 15) is 4.79 Å². The van der Waals surface area contributed by atoms with Crippen molar-refractivity contribution in [3.63, 3.8) is 0 Å². The molecule has 19 heavy (non-hydrogen) atoms. The fourth-order valence-electron chi connectivity index (χ4n) is 1.64. The summed E-state index contributed by atoms with van der Waals surface area (Å²) in [5.41, 5.74) is 0.963. The number of esters is 1. The topological polar surface area (TPSA) is 45.7 Å². The summed E-state index contributed by atoms with van der Waals surface area (Å²) in [7, 11) is 7.62. The summed E-state index contributed by atoms with van der Waals surface area (Å²) in [6, 6.07) is 0. The largest absolute Gasteiger partial charge is 0.469 e. The zero-order valence-electron chi connectivity index (χ0n) is 12.2. The molecule has 0 atom stereocenters. The number of carbonyl (C=O) groups excluding carboxylic acids is 1. The molecule has 0 bridgehead atoms.